The summed E-state index contributed by atoms with van der Waals surface area (Å²) < 4.78 is 33.5. The molecule has 3 nitrogen and oxygen atoms in total. The van der Waals surface area contributed by atoms with Gasteiger partial charge in [0.05, 0.1) is 0 Å². The first-order chi connectivity index (χ1) is 6.83. The van der Waals surface area contributed by atoms with Gasteiger partial charge in [-0.3, -0.25) is 0 Å². The monoisotopic (exact) mass is 227 g/mol. The zero-order valence-electron chi connectivity index (χ0n) is 8.12. The topological polar surface area (TPSA) is 60.2 Å². The Balaban J connectivity index is 3.30. The Labute approximate surface area is 88.3 Å². The molecule has 0 unspecified atom stereocenters. The molecule has 0 amide bonds. The summed E-state index contributed by atoms with van der Waals surface area (Å²) in [6.07, 6.45) is 5.15. The van der Waals surface area contributed by atoms with E-state index >= 15 is 0 Å². The minimum atomic E-state index is -4.57. The number of rotatable bonds is 2. The quantitative estimate of drug-likeness (QED) is 0.471. The van der Waals surface area contributed by atoms with Crippen molar-refractivity contribution in [2.45, 2.75) is 12.7 Å². The molecule has 1 rings (SSSR count). The Kier molecular flexibility index (Phi) is 3.01. The summed E-state index contributed by atoms with van der Waals surface area (Å²) in [7, 11) is -4.57. The molecule has 0 aliphatic carbocycles. The molecular weight excluding hydrogens is 217 g/mol. The molecule has 1 aromatic rings. The Morgan fingerprint density at radius 3 is 2.60 bits per heavy atom. The smallest absolute Gasteiger partial charge is 0.306 e. The molecule has 0 fully saturated rings. The lowest BCUT2D eigenvalue weighted by Crippen LogP contribution is -2.02. The van der Waals surface area contributed by atoms with Crippen molar-refractivity contribution in [2.75, 3.05) is 5.73 Å². The second-order valence-electron chi connectivity index (χ2n) is 3.18. The summed E-state index contributed by atoms with van der Waals surface area (Å²) in [5.74, 6) is 1.63. The molecule has 0 saturated heterocycles. The van der Waals surface area contributed by atoms with Crippen LogP contribution in [0.1, 0.15) is 16.7 Å². The van der Waals surface area contributed by atoms with Crippen LogP contribution in [0.3, 0.4) is 0 Å². The zero-order chi connectivity index (χ0) is 11.6. The Morgan fingerprint density at radius 1 is 1.53 bits per heavy atom. The molecule has 5 heteroatoms. The van der Waals surface area contributed by atoms with E-state index in [-0.39, 0.29) is 0 Å². The van der Waals surface area contributed by atoms with Crippen molar-refractivity contribution in [3.8, 4) is 12.3 Å². The van der Waals surface area contributed by atoms with Crippen molar-refractivity contribution < 1.29 is 12.3 Å². The summed E-state index contributed by atoms with van der Waals surface area (Å²) >= 11 is 0. The predicted octanol–water partition coefficient (Wildman–Crippen LogP) is 1.36. The standard InChI is InChI=1S/C10H10FNO2S/c1-3-8-4-9(6-15(11,13)14)7(2)10(12)5-8/h1,4-5H,6,12H2,2H3. The van der Waals surface area contributed by atoms with Gasteiger partial charge in [0.2, 0.25) is 0 Å². The molecule has 15 heavy (non-hydrogen) atoms. The first-order valence-corrected chi connectivity index (χ1v) is 5.66. The van der Waals surface area contributed by atoms with Crippen LogP contribution in [-0.4, -0.2) is 8.42 Å². The van der Waals surface area contributed by atoms with Crippen LogP contribution in [0.4, 0.5) is 9.57 Å². The van der Waals surface area contributed by atoms with E-state index in [0.29, 0.717) is 22.4 Å². The Bertz CT molecular complexity index is 529. The molecule has 0 aliphatic heterocycles. The summed E-state index contributed by atoms with van der Waals surface area (Å²) in [5.41, 5.74) is 7.24. The second kappa shape index (κ2) is 3.91. The fraction of sp³-hybridized carbons (Fsp3) is 0.200. The van der Waals surface area contributed by atoms with Crippen LogP contribution in [0.15, 0.2) is 12.1 Å². The van der Waals surface area contributed by atoms with Crippen LogP contribution in [0, 0.1) is 19.3 Å². The molecule has 2 N–H and O–H groups in total. The number of terminal acetylenes is 1. The highest BCUT2D eigenvalue weighted by Crippen LogP contribution is 2.21. The predicted molar refractivity (Wildman–Crippen MR) is 57.3 cm³/mol. The van der Waals surface area contributed by atoms with E-state index in [4.69, 9.17) is 12.2 Å². The lowest BCUT2D eigenvalue weighted by atomic mass is 10.0. The van der Waals surface area contributed by atoms with Gasteiger partial charge in [-0.1, -0.05) is 5.92 Å². The van der Waals surface area contributed by atoms with Gasteiger partial charge < -0.3 is 5.73 Å². The van der Waals surface area contributed by atoms with Crippen molar-refractivity contribution in [1.82, 2.24) is 0 Å². The van der Waals surface area contributed by atoms with Gasteiger partial charge in [0.1, 0.15) is 5.75 Å². The summed E-state index contributed by atoms with van der Waals surface area (Å²) in [5, 5.41) is 0. The van der Waals surface area contributed by atoms with Crippen molar-refractivity contribution in [2.24, 2.45) is 0 Å². The number of hydrogen-bond donors (Lipinski definition) is 1. The lowest BCUT2D eigenvalue weighted by molar-refractivity contribution is 0.551. The van der Waals surface area contributed by atoms with Crippen LogP contribution in [-0.2, 0) is 16.0 Å². The van der Waals surface area contributed by atoms with E-state index in [1.54, 1.807) is 13.0 Å². The highest BCUT2D eigenvalue weighted by atomic mass is 32.3. The van der Waals surface area contributed by atoms with Crippen molar-refractivity contribution in [1.29, 1.82) is 0 Å². The first-order valence-electron chi connectivity index (χ1n) is 4.11. The summed E-state index contributed by atoms with van der Waals surface area (Å²) in [4.78, 5) is 0. The van der Waals surface area contributed by atoms with Crippen LogP contribution < -0.4 is 5.73 Å². The molecule has 0 radical (unpaired) electrons. The maximum absolute atomic E-state index is 12.5. The van der Waals surface area contributed by atoms with Gasteiger partial charge in [-0.2, -0.15) is 8.42 Å². The largest absolute Gasteiger partial charge is 0.398 e. The maximum atomic E-state index is 12.5. The minimum Gasteiger partial charge on any atom is -0.398 e. The highest BCUT2D eigenvalue weighted by Gasteiger charge is 2.13. The molecule has 0 aliphatic rings. The molecule has 0 spiro atoms. The maximum Gasteiger partial charge on any atom is 0.306 e. The molecule has 0 aromatic heterocycles. The SMILES string of the molecule is C#Cc1cc(N)c(C)c(CS(=O)(=O)F)c1. The van der Waals surface area contributed by atoms with Crippen molar-refractivity contribution >= 4 is 15.9 Å². The van der Waals surface area contributed by atoms with Crippen molar-refractivity contribution in [3.63, 3.8) is 0 Å². The van der Waals surface area contributed by atoms with Crippen LogP contribution in [0.25, 0.3) is 0 Å². The third-order valence-electron chi connectivity index (χ3n) is 2.05. The van der Waals surface area contributed by atoms with Gasteiger partial charge in [0.25, 0.3) is 0 Å². The number of hydrogen-bond acceptors (Lipinski definition) is 3. The number of benzene rings is 1. The van der Waals surface area contributed by atoms with Gasteiger partial charge in [0.15, 0.2) is 0 Å². The molecule has 1 aromatic carbocycles. The number of anilines is 1. The molecular formula is C10H10FNO2S. The normalized spacial score (nSPS) is 11.0. The summed E-state index contributed by atoms with van der Waals surface area (Å²) in [6, 6.07) is 2.99. The zero-order valence-corrected chi connectivity index (χ0v) is 8.94. The van der Waals surface area contributed by atoms with E-state index in [1.807, 2.05) is 0 Å². The van der Waals surface area contributed by atoms with Crippen molar-refractivity contribution in [3.05, 3.63) is 28.8 Å². The first kappa shape index (κ1) is 11.5. The fourth-order valence-corrected chi connectivity index (χ4v) is 1.89. The molecule has 0 atom stereocenters. The fourth-order valence-electron chi connectivity index (χ4n) is 1.22. The van der Waals surface area contributed by atoms with E-state index in [1.165, 1.54) is 6.07 Å². The van der Waals surface area contributed by atoms with E-state index in [9.17, 15) is 12.3 Å². The summed E-state index contributed by atoms with van der Waals surface area (Å²) in [6.45, 7) is 1.62. The van der Waals surface area contributed by atoms with E-state index in [0.717, 1.165) is 0 Å². The van der Waals surface area contributed by atoms with Gasteiger partial charge in [-0.15, -0.1) is 10.3 Å². The van der Waals surface area contributed by atoms with Crippen LogP contribution >= 0.6 is 0 Å². The molecule has 80 valence electrons. The minimum absolute atomic E-state index is 0.297. The van der Waals surface area contributed by atoms with Crippen LogP contribution in [0.2, 0.25) is 0 Å². The highest BCUT2D eigenvalue weighted by molar-refractivity contribution is 7.85. The molecule has 0 bridgehead atoms. The molecule has 0 heterocycles. The number of nitrogen functional groups attached to an aromatic ring is 1. The van der Waals surface area contributed by atoms with Gasteiger partial charge >= 0.3 is 10.2 Å². The lowest BCUT2D eigenvalue weighted by Gasteiger charge is -2.07. The average Bonchev–Trinajstić information content (AvgIpc) is 2.10. The Hall–Kier alpha value is -1.54. The van der Waals surface area contributed by atoms with Gasteiger partial charge in [-0.25, -0.2) is 0 Å². The van der Waals surface area contributed by atoms with E-state index in [2.05, 4.69) is 5.92 Å². The van der Waals surface area contributed by atoms with Gasteiger partial charge in [-0.05, 0) is 30.2 Å². The second-order valence-corrected chi connectivity index (χ2v) is 4.54. The average molecular weight is 227 g/mol. The third kappa shape index (κ3) is 2.96. The number of halogens is 1. The number of nitrogens with two attached hydrogens (primary N) is 1. The van der Waals surface area contributed by atoms with E-state index < -0.39 is 16.0 Å². The Morgan fingerprint density at radius 2 is 2.13 bits per heavy atom. The van der Waals surface area contributed by atoms with Gasteiger partial charge in [0, 0.05) is 11.3 Å². The molecule has 0 saturated carbocycles. The third-order valence-corrected chi connectivity index (χ3v) is 2.71. The van der Waals surface area contributed by atoms with Crippen LogP contribution in [0.5, 0.6) is 0 Å².